The quantitative estimate of drug-likeness (QED) is 0.548. The SMILES string of the molecule is C=CCN1C(=O)C(c2sc(=S)n(CC(=O)O)c2O)c2cc(Br)ccc21. The van der Waals surface area contributed by atoms with Crippen LogP contribution in [0.5, 0.6) is 5.88 Å². The highest BCUT2D eigenvalue weighted by molar-refractivity contribution is 9.10. The molecule has 1 atom stereocenters. The van der Waals surface area contributed by atoms with Crippen LogP contribution in [0, 0.1) is 3.95 Å². The Morgan fingerprint density at radius 2 is 2.20 bits per heavy atom. The van der Waals surface area contributed by atoms with Gasteiger partial charge in [0.05, 0.1) is 4.88 Å². The van der Waals surface area contributed by atoms with Crippen LogP contribution in [0.2, 0.25) is 0 Å². The summed E-state index contributed by atoms with van der Waals surface area (Å²) in [6.45, 7) is 3.56. The number of carbonyl (C=O) groups is 2. The summed E-state index contributed by atoms with van der Waals surface area (Å²) in [5, 5.41) is 19.5. The van der Waals surface area contributed by atoms with Gasteiger partial charge in [0.2, 0.25) is 11.8 Å². The summed E-state index contributed by atoms with van der Waals surface area (Å²) in [6, 6.07) is 5.48. The minimum atomic E-state index is -1.12. The number of fused-ring (bicyclic) bond motifs is 1. The summed E-state index contributed by atoms with van der Waals surface area (Å²) in [6.07, 6.45) is 1.63. The van der Waals surface area contributed by atoms with E-state index in [0.29, 0.717) is 11.4 Å². The molecule has 1 aliphatic heterocycles. The van der Waals surface area contributed by atoms with E-state index >= 15 is 0 Å². The molecule has 3 rings (SSSR count). The lowest BCUT2D eigenvalue weighted by Crippen LogP contribution is -2.28. The van der Waals surface area contributed by atoms with Gasteiger partial charge in [-0.15, -0.1) is 17.9 Å². The molecule has 0 fully saturated rings. The second-order valence-corrected chi connectivity index (χ2v) is 8.00. The second kappa shape index (κ2) is 6.74. The summed E-state index contributed by atoms with van der Waals surface area (Å²) in [5.41, 5.74) is 1.47. The molecule has 0 saturated heterocycles. The van der Waals surface area contributed by atoms with Gasteiger partial charge in [0, 0.05) is 16.7 Å². The van der Waals surface area contributed by atoms with Crippen LogP contribution < -0.4 is 4.90 Å². The second-order valence-electron chi connectivity index (χ2n) is 5.41. The number of carboxylic acid groups (broad SMARTS) is 1. The Kier molecular flexibility index (Phi) is 4.81. The lowest BCUT2D eigenvalue weighted by atomic mass is 9.99. The smallest absolute Gasteiger partial charge is 0.323 e. The van der Waals surface area contributed by atoms with E-state index in [1.807, 2.05) is 18.2 Å². The minimum absolute atomic E-state index is 0.206. The van der Waals surface area contributed by atoms with Crippen LogP contribution in [-0.4, -0.2) is 33.2 Å². The molecule has 1 aromatic heterocycles. The van der Waals surface area contributed by atoms with Gasteiger partial charge in [0.15, 0.2) is 3.95 Å². The van der Waals surface area contributed by atoms with Crippen molar-refractivity contribution < 1.29 is 19.8 Å². The van der Waals surface area contributed by atoms with Crippen LogP contribution >= 0.6 is 39.5 Å². The molecule has 2 heterocycles. The van der Waals surface area contributed by atoms with Crippen LogP contribution in [0.15, 0.2) is 35.3 Å². The van der Waals surface area contributed by atoms with E-state index in [4.69, 9.17) is 17.3 Å². The van der Waals surface area contributed by atoms with E-state index in [0.717, 1.165) is 31.6 Å². The number of aliphatic carboxylic acids is 1. The molecule has 2 aromatic rings. The van der Waals surface area contributed by atoms with Crippen LogP contribution in [0.4, 0.5) is 5.69 Å². The van der Waals surface area contributed by atoms with E-state index in [2.05, 4.69) is 22.5 Å². The fourth-order valence-electron chi connectivity index (χ4n) is 2.86. The Bertz CT molecular complexity index is 950. The molecule has 0 saturated carbocycles. The highest BCUT2D eigenvalue weighted by atomic mass is 79.9. The average Bonchev–Trinajstić information content (AvgIpc) is 2.96. The Hall–Kier alpha value is -1.97. The molecule has 1 unspecified atom stereocenters. The number of hydrogen-bond donors (Lipinski definition) is 2. The Labute approximate surface area is 160 Å². The van der Waals surface area contributed by atoms with E-state index in [1.165, 1.54) is 0 Å². The number of anilines is 1. The van der Waals surface area contributed by atoms with Crippen molar-refractivity contribution in [2.24, 2.45) is 0 Å². The number of hydrogen-bond acceptors (Lipinski definition) is 5. The topological polar surface area (TPSA) is 82.8 Å². The Morgan fingerprint density at radius 1 is 1.48 bits per heavy atom. The largest absolute Gasteiger partial charge is 0.494 e. The number of carboxylic acids is 1. The maximum absolute atomic E-state index is 13.0. The number of carbonyl (C=O) groups excluding carboxylic acids is 1. The first-order valence-electron chi connectivity index (χ1n) is 7.21. The standard InChI is InChI=1S/C16H13BrN2O4S2/c1-2-5-18-10-4-3-8(17)6-9(10)12(14(18)22)13-15(23)19(7-11(20)21)16(24)25-13/h2-4,6,12,23H,1,5,7H2,(H,20,21). The van der Waals surface area contributed by atoms with E-state index in [9.17, 15) is 14.7 Å². The fraction of sp³-hybridized carbons (Fsp3) is 0.188. The summed E-state index contributed by atoms with van der Waals surface area (Å²) in [4.78, 5) is 25.9. The lowest BCUT2D eigenvalue weighted by Gasteiger charge is -2.15. The third kappa shape index (κ3) is 3.03. The lowest BCUT2D eigenvalue weighted by molar-refractivity contribution is -0.137. The van der Waals surface area contributed by atoms with Crippen molar-refractivity contribution in [2.45, 2.75) is 12.5 Å². The fourth-order valence-corrected chi connectivity index (χ4v) is 4.65. The van der Waals surface area contributed by atoms with Crippen molar-refractivity contribution in [1.29, 1.82) is 0 Å². The number of thiazole rings is 1. The van der Waals surface area contributed by atoms with Gasteiger partial charge in [-0.2, -0.15) is 0 Å². The maximum atomic E-state index is 13.0. The van der Waals surface area contributed by atoms with Crippen molar-refractivity contribution in [3.63, 3.8) is 0 Å². The van der Waals surface area contributed by atoms with E-state index in [1.54, 1.807) is 11.0 Å². The average molecular weight is 441 g/mol. The molecule has 1 amide bonds. The molecule has 0 spiro atoms. The first kappa shape index (κ1) is 17.8. The predicted octanol–water partition coefficient (Wildman–Crippen LogP) is 3.50. The number of rotatable bonds is 5. The molecule has 1 aliphatic rings. The molecular formula is C16H13BrN2O4S2. The summed E-state index contributed by atoms with van der Waals surface area (Å²) < 4.78 is 2.14. The number of amides is 1. The number of aromatic hydroxyl groups is 1. The molecule has 0 bridgehead atoms. The van der Waals surface area contributed by atoms with Gasteiger partial charge in [-0.3, -0.25) is 14.2 Å². The molecule has 9 heteroatoms. The molecule has 1 aromatic carbocycles. The molecule has 0 radical (unpaired) electrons. The summed E-state index contributed by atoms with van der Waals surface area (Å²) >= 11 is 9.62. The Morgan fingerprint density at radius 3 is 2.84 bits per heavy atom. The van der Waals surface area contributed by atoms with Crippen molar-refractivity contribution in [3.05, 3.63) is 49.7 Å². The Balaban J connectivity index is 2.17. The summed E-state index contributed by atoms with van der Waals surface area (Å²) in [5.74, 6) is -2.33. The molecule has 130 valence electrons. The van der Waals surface area contributed by atoms with E-state index in [-0.39, 0.29) is 15.7 Å². The summed E-state index contributed by atoms with van der Waals surface area (Å²) in [7, 11) is 0. The van der Waals surface area contributed by atoms with Gasteiger partial charge < -0.3 is 15.1 Å². The van der Waals surface area contributed by atoms with Crippen molar-refractivity contribution >= 4 is 57.0 Å². The highest BCUT2D eigenvalue weighted by Gasteiger charge is 2.41. The van der Waals surface area contributed by atoms with Crippen LogP contribution in [0.3, 0.4) is 0 Å². The number of halogens is 1. The van der Waals surface area contributed by atoms with Crippen molar-refractivity contribution in [2.75, 3.05) is 11.4 Å². The predicted molar refractivity (Wildman–Crippen MR) is 101 cm³/mol. The molecule has 25 heavy (non-hydrogen) atoms. The van der Waals surface area contributed by atoms with Gasteiger partial charge in [-0.05, 0) is 36.0 Å². The monoisotopic (exact) mass is 440 g/mol. The normalized spacial score (nSPS) is 16.1. The third-order valence-electron chi connectivity index (χ3n) is 3.87. The van der Waals surface area contributed by atoms with Gasteiger partial charge in [0.25, 0.3) is 0 Å². The van der Waals surface area contributed by atoms with Gasteiger partial charge >= 0.3 is 5.97 Å². The minimum Gasteiger partial charge on any atom is -0.494 e. The number of aromatic nitrogens is 1. The zero-order valence-corrected chi connectivity index (χ0v) is 16.0. The molecule has 6 nitrogen and oxygen atoms in total. The van der Waals surface area contributed by atoms with Crippen molar-refractivity contribution in [1.82, 2.24) is 4.57 Å². The van der Waals surface area contributed by atoms with Crippen LogP contribution in [-0.2, 0) is 16.1 Å². The molecular weight excluding hydrogens is 428 g/mol. The zero-order valence-electron chi connectivity index (χ0n) is 12.8. The van der Waals surface area contributed by atoms with Gasteiger partial charge in [0.1, 0.15) is 12.5 Å². The molecule has 2 N–H and O–H groups in total. The number of nitrogens with zero attached hydrogens (tertiary/aromatic N) is 2. The zero-order chi connectivity index (χ0) is 18.3. The van der Waals surface area contributed by atoms with Gasteiger partial charge in [-0.1, -0.05) is 22.0 Å². The molecule has 0 aliphatic carbocycles. The third-order valence-corrected chi connectivity index (χ3v) is 5.86. The maximum Gasteiger partial charge on any atom is 0.323 e. The first-order valence-corrected chi connectivity index (χ1v) is 9.23. The number of benzene rings is 1. The van der Waals surface area contributed by atoms with E-state index < -0.39 is 18.4 Å². The first-order chi connectivity index (χ1) is 11.8. The van der Waals surface area contributed by atoms with Gasteiger partial charge in [-0.25, -0.2) is 0 Å². The highest BCUT2D eigenvalue weighted by Crippen LogP contribution is 2.46. The van der Waals surface area contributed by atoms with Crippen LogP contribution in [0.1, 0.15) is 16.4 Å². The van der Waals surface area contributed by atoms with Crippen molar-refractivity contribution in [3.8, 4) is 5.88 Å². The van der Waals surface area contributed by atoms with Crippen LogP contribution in [0.25, 0.3) is 0 Å².